The van der Waals surface area contributed by atoms with Gasteiger partial charge >= 0.3 is 16.2 Å². The predicted molar refractivity (Wildman–Crippen MR) is 86.1 cm³/mol. The maximum atomic E-state index is 12.6. The minimum absolute atomic E-state index is 0.0884. The molecule has 1 saturated heterocycles. The van der Waals surface area contributed by atoms with Crippen LogP contribution < -0.4 is 4.31 Å². The van der Waals surface area contributed by atoms with Crippen molar-refractivity contribution in [3.63, 3.8) is 0 Å². The lowest BCUT2D eigenvalue weighted by atomic mass is 10.1. The molecule has 1 unspecified atom stereocenters. The second-order valence-corrected chi connectivity index (χ2v) is 8.15. The number of carboxylic acid groups (broad SMARTS) is 1. The van der Waals surface area contributed by atoms with E-state index in [1.54, 1.807) is 0 Å². The van der Waals surface area contributed by atoms with E-state index in [-0.39, 0.29) is 39.8 Å². The van der Waals surface area contributed by atoms with Gasteiger partial charge in [0.05, 0.1) is 15.7 Å². The van der Waals surface area contributed by atoms with Gasteiger partial charge in [0.1, 0.15) is 6.54 Å². The van der Waals surface area contributed by atoms with E-state index in [4.69, 9.17) is 39.9 Å². The quantitative estimate of drug-likeness (QED) is 0.865. The van der Waals surface area contributed by atoms with Crippen molar-refractivity contribution in [1.29, 1.82) is 0 Å². The molecule has 0 spiro atoms. The topological polar surface area (TPSA) is 77.9 Å². The summed E-state index contributed by atoms with van der Waals surface area (Å²) in [5.41, 5.74) is 0.106. The highest BCUT2D eigenvalue weighted by Crippen LogP contribution is 2.40. The Bertz CT molecular complexity index is 687. The van der Waals surface area contributed by atoms with Crippen LogP contribution in [-0.2, 0) is 15.0 Å². The van der Waals surface area contributed by atoms with Crippen LogP contribution in [0.1, 0.15) is 6.92 Å². The van der Waals surface area contributed by atoms with Crippen molar-refractivity contribution in [3.8, 4) is 0 Å². The number of carbonyl (C=O) groups is 1. The average molecular weight is 388 g/mol. The number of hydrogen-bond acceptors (Lipinski definition) is 3. The number of halogens is 3. The van der Waals surface area contributed by atoms with Crippen LogP contribution in [0, 0.1) is 5.92 Å². The Morgan fingerprint density at radius 3 is 2.32 bits per heavy atom. The van der Waals surface area contributed by atoms with Crippen molar-refractivity contribution in [3.05, 3.63) is 27.2 Å². The van der Waals surface area contributed by atoms with E-state index in [0.29, 0.717) is 0 Å². The molecule has 22 heavy (non-hydrogen) atoms. The standard InChI is InChI=1S/C12H13Cl3N2O4S/c1-7-4-16(6-11(18)19)22(20,21)17(5-7)12-9(14)2-8(13)3-10(12)15/h2-3,7H,4-6H2,1H3,(H,18,19). The Morgan fingerprint density at radius 2 is 1.82 bits per heavy atom. The number of aliphatic carboxylic acids is 1. The molecule has 0 aliphatic carbocycles. The highest BCUT2D eigenvalue weighted by atomic mass is 35.5. The van der Waals surface area contributed by atoms with Crippen LogP contribution in [0.4, 0.5) is 5.69 Å². The van der Waals surface area contributed by atoms with Gasteiger partial charge in [-0.3, -0.25) is 9.10 Å². The van der Waals surface area contributed by atoms with Crippen molar-refractivity contribution in [2.75, 3.05) is 23.9 Å². The molecule has 0 aromatic heterocycles. The van der Waals surface area contributed by atoms with Gasteiger partial charge in [-0.2, -0.15) is 12.7 Å². The lowest BCUT2D eigenvalue weighted by molar-refractivity contribution is -0.137. The smallest absolute Gasteiger partial charge is 0.318 e. The maximum absolute atomic E-state index is 12.6. The zero-order valence-corrected chi connectivity index (χ0v) is 14.5. The Kier molecular flexibility index (Phi) is 5.13. The van der Waals surface area contributed by atoms with E-state index in [2.05, 4.69) is 0 Å². The summed E-state index contributed by atoms with van der Waals surface area (Å²) < 4.78 is 27.2. The van der Waals surface area contributed by atoms with Crippen LogP contribution in [0.25, 0.3) is 0 Å². The third-order valence-corrected chi connectivity index (χ3v) is 5.75. The largest absolute Gasteiger partial charge is 0.480 e. The second-order valence-electron chi connectivity index (χ2n) is 5.05. The fourth-order valence-corrected chi connectivity index (χ4v) is 5.28. The molecule has 1 heterocycles. The minimum atomic E-state index is -4.03. The molecular weight excluding hydrogens is 375 g/mol. The molecular formula is C12H13Cl3N2O4S. The molecule has 1 fully saturated rings. The van der Waals surface area contributed by atoms with Gasteiger partial charge in [0.2, 0.25) is 0 Å². The van der Waals surface area contributed by atoms with Crippen LogP contribution in [0.15, 0.2) is 12.1 Å². The lowest BCUT2D eigenvalue weighted by Crippen LogP contribution is -2.54. The highest BCUT2D eigenvalue weighted by Gasteiger charge is 2.39. The van der Waals surface area contributed by atoms with Crippen molar-refractivity contribution < 1.29 is 18.3 Å². The van der Waals surface area contributed by atoms with Gasteiger partial charge in [-0.1, -0.05) is 41.7 Å². The number of nitrogens with zero attached hydrogens (tertiary/aromatic N) is 2. The molecule has 1 aromatic rings. The van der Waals surface area contributed by atoms with Crippen molar-refractivity contribution in [2.45, 2.75) is 6.92 Å². The molecule has 122 valence electrons. The number of carboxylic acids is 1. The van der Waals surface area contributed by atoms with Crippen LogP contribution in [0.5, 0.6) is 0 Å². The van der Waals surface area contributed by atoms with E-state index in [1.165, 1.54) is 12.1 Å². The molecule has 2 rings (SSSR count). The number of anilines is 1. The Morgan fingerprint density at radius 1 is 1.27 bits per heavy atom. The van der Waals surface area contributed by atoms with E-state index in [0.717, 1.165) is 8.61 Å². The molecule has 0 radical (unpaired) electrons. The molecule has 1 atom stereocenters. The fourth-order valence-electron chi connectivity index (χ4n) is 2.29. The molecule has 10 heteroatoms. The lowest BCUT2D eigenvalue weighted by Gasteiger charge is -2.39. The van der Waals surface area contributed by atoms with Gasteiger partial charge in [0.15, 0.2) is 0 Å². The summed E-state index contributed by atoms with van der Waals surface area (Å²) in [5.74, 6) is -1.32. The number of rotatable bonds is 3. The first-order valence-electron chi connectivity index (χ1n) is 6.27. The van der Waals surface area contributed by atoms with Gasteiger partial charge in [-0.25, -0.2) is 0 Å². The molecule has 1 aliphatic heterocycles. The summed E-state index contributed by atoms with van der Waals surface area (Å²) in [6.07, 6.45) is 0. The zero-order valence-electron chi connectivity index (χ0n) is 11.5. The molecule has 1 aliphatic rings. The second kappa shape index (κ2) is 6.41. The van der Waals surface area contributed by atoms with E-state index >= 15 is 0 Å². The Hall–Kier alpha value is -0.730. The fraction of sp³-hybridized carbons (Fsp3) is 0.417. The summed E-state index contributed by atoms with van der Waals surface area (Å²) in [6.45, 7) is 1.47. The van der Waals surface area contributed by atoms with E-state index < -0.39 is 22.7 Å². The van der Waals surface area contributed by atoms with E-state index in [1.807, 2.05) is 6.92 Å². The Labute approximate surface area is 143 Å². The summed E-state index contributed by atoms with van der Waals surface area (Å²) in [7, 11) is -4.03. The zero-order chi connectivity index (χ0) is 16.7. The highest BCUT2D eigenvalue weighted by molar-refractivity contribution is 7.90. The Balaban J connectivity index is 2.52. The summed E-state index contributed by atoms with van der Waals surface area (Å²) in [5, 5.41) is 9.35. The van der Waals surface area contributed by atoms with Crippen molar-refractivity contribution in [2.24, 2.45) is 5.92 Å². The van der Waals surface area contributed by atoms with Crippen molar-refractivity contribution in [1.82, 2.24) is 4.31 Å². The molecule has 6 nitrogen and oxygen atoms in total. The number of hydrogen-bond donors (Lipinski definition) is 1. The van der Waals surface area contributed by atoms with Crippen LogP contribution >= 0.6 is 34.8 Å². The van der Waals surface area contributed by atoms with Crippen molar-refractivity contribution >= 4 is 56.7 Å². The van der Waals surface area contributed by atoms with Gasteiger partial charge in [0.25, 0.3) is 0 Å². The normalized spacial score (nSPS) is 21.8. The maximum Gasteiger partial charge on any atom is 0.318 e. The van der Waals surface area contributed by atoms with Gasteiger partial charge in [-0.05, 0) is 18.1 Å². The summed E-state index contributed by atoms with van der Waals surface area (Å²) in [6, 6.07) is 2.78. The van der Waals surface area contributed by atoms with Gasteiger partial charge < -0.3 is 5.11 Å². The first kappa shape index (κ1) is 17.6. The van der Waals surface area contributed by atoms with Crippen LogP contribution in [-0.4, -0.2) is 43.4 Å². The summed E-state index contributed by atoms with van der Waals surface area (Å²) in [4.78, 5) is 10.9. The third kappa shape index (κ3) is 3.44. The molecule has 1 aromatic carbocycles. The van der Waals surface area contributed by atoms with Gasteiger partial charge in [0, 0.05) is 18.1 Å². The first-order chi connectivity index (χ1) is 10.1. The van der Waals surface area contributed by atoms with E-state index in [9.17, 15) is 13.2 Å². The first-order valence-corrected chi connectivity index (χ1v) is 8.80. The monoisotopic (exact) mass is 386 g/mol. The third-order valence-electron chi connectivity index (χ3n) is 3.14. The molecule has 0 saturated carbocycles. The summed E-state index contributed by atoms with van der Waals surface area (Å²) >= 11 is 18.0. The molecule has 1 N–H and O–H groups in total. The SMILES string of the molecule is CC1CN(CC(=O)O)S(=O)(=O)N(c2c(Cl)cc(Cl)cc2Cl)C1. The molecule has 0 bridgehead atoms. The van der Waals surface area contributed by atoms with Gasteiger partial charge in [-0.15, -0.1) is 0 Å². The predicted octanol–water partition coefficient (Wildman–Crippen LogP) is 2.73. The minimum Gasteiger partial charge on any atom is -0.480 e. The number of benzene rings is 1. The van der Waals surface area contributed by atoms with Crippen LogP contribution in [0.2, 0.25) is 15.1 Å². The average Bonchev–Trinajstić information content (AvgIpc) is 2.33. The van der Waals surface area contributed by atoms with Crippen LogP contribution in [0.3, 0.4) is 0 Å². The molecule has 0 amide bonds.